The van der Waals surface area contributed by atoms with E-state index in [9.17, 15) is 23.1 Å². The maximum atomic E-state index is 13.2. The fourth-order valence-corrected chi connectivity index (χ4v) is 4.81. The summed E-state index contributed by atoms with van der Waals surface area (Å²) in [7, 11) is -2.19. The highest BCUT2D eigenvalue weighted by Gasteiger charge is 2.27. The zero-order valence-electron chi connectivity index (χ0n) is 23.1. The van der Waals surface area contributed by atoms with Crippen LogP contribution in [0.4, 0.5) is 0 Å². The van der Waals surface area contributed by atoms with Crippen molar-refractivity contribution in [3.05, 3.63) is 59.7 Å². The van der Waals surface area contributed by atoms with Crippen molar-refractivity contribution in [3.63, 3.8) is 0 Å². The first-order valence-electron chi connectivity index (χ1n) is 13.1. The minimum absolute atomic E-state index is 0.0409. The number of amides is 2. The van der Waals surface area contributed by atoms with Crippen LogP contribution in [0.15, 0.2) is 53.4 Å². The molecule has 0 radical (unpaired) electrons. The molecule has 2 aromatic carbocycles. The molecule has 0 fully saturated rings. The van der Waals surface area contributed by atoms with Gasteiger partial charge in [0.05, 0.1) is 24.2 Å². The maximum absolute atomic E-state index is 13.2. The molecule has 0 aliphatic carbocycles. The van der Waals surface area contributed by atoms with Gasteiger partial charge in [-0.3, -0.25) is 9.59 Å². The highest BCUT2D eigenvalue weighted by Crippen LogP contribution is 2.22. The second-order valence-corrected chi connectivity index (χ2v) is 12.3. The van der Waals surface area contributed by atoms with Gasteiger partial charge in [-0.1, -0.05) is 63.9 Å². The summed E-state index contributed by atoms with van der Waals surface area (Å²) in [5.41, 5.74) is 1.00. The van der Waals surface area contributed by atoms with E-state index in [1.807, 2.05) is 30.3 Å². The topological polar surface area (TPSA) is 122 Å². The quantitative estimate of drug-likeness (QED) is 0.293. The number of aliphatic hydroxyl groups is 1. The fraction of sp³-hybridized carbons (Fsp3) is 0.517. The Kier molecular flexibility index (Phi) is 12.3. The minimum Gasteiger partial charge on any atom is -0.497 e. The molecule has 8 nitrogen and oxygen atoms in total. The molecule has 9 heteroatoms. The molecule has 0 heterocycles. The third-order valence-electron chi connectivity index (χ3n) is 6.44. The van der Waals surface area contributed by atoms with Crippen molar-refractivity contribution in [2.45, 2.75) is 69.9 Å². The van der Waals surface area contributed by atoms with Crippen molar-refractivity contribution in [2.24, 2.45) is 11.8 Å². The number of sulfone groups is 1. The van der Waals surface area contributed by atoms with E-state index in [1.165, 1.54) is 25.3 Å². The number of aliphatic hydroxyl groups excluding tert-OH is 1. The van der Waals surface area contributed by atoms with Gasteiger partial charge in [-0.25, -0.2) is 8.42 Å². The van der Waals surface area contributed by atoms with Crippen LogP contribution in [0, 0.1) is 11.8 Å². The van der Waals surface area contributed by atoms with Gasteiger partial charge in [0, 0.05) is 24.3 Å². The molecule has 0 spiro atoms. The van der Waals surface area contributed by atoms with E-state index in [1.54, 1.807) is 6.92 Å². The summed E-state index contributed by atoms with van der Waals surface area (Å²) in [5, 5.41) is 16.9. The van der Waals surface area contributed by atoms with Gasteiger partial charge in [-0.2, -0.15) is 0 Å². The lowest BCUT2D eigenvalue weighted by Crippen LogP contribution is -2.46. The van der Waals surface area contributed by atoms with Gasteiger partial charge < -0.3 is 20.5 Å². The van der Waals surface area contributed by atoms with Crippen LogP contribution in [-0.2, 0) is 21.1 Å². The summed E-state index contributed by atoms with van der Waals surface area (Å²) in [6.07, 6.45) is 3.60. The van der Waals surface area contributed by atoms with Gasteiger partial charge >= 0.3 is 0 Å². The first kappa shape index (κ1) is 31.3. The Morgan fingerprint density at radius 3 is 2.32 bits per heavy atom. The molecule has 0 saturated carbocycles. The molecule has 0 unspecified atom stereocenters. The molecule has 3 atom stereocenters. The predicted molar refractivity (Wildman–Crippen MR) is 149 cm³/mol. The van der Waals surface area contributed by atoms with E-state index in [0.717, 1.165) is 31.1 Å². The molecule has 0 aliphatic rings. The van der Waals surface area contributed by atoms with Crippen LogP contribution in [0.2, 0.25) is 0 Å². The summed E-state index contributed by atoms with van der Waals surface area (Å²) >= 11 is 0. The van der Waals surface area contributed by atoms with Crippen molar-refractivity contribution < 1.29 is 27.9 Å². The van der Waals surface area contributed by atoms with E-state index < -0.39 is 33.8 Å². The van der Waals surface area contributed by atoms with Gasteiger partial charge in [0.25, 0.3) is 5.91 Å². The average molecular weight is 547 g/mol. The average Bonchev–Trinajstić information content (AvgIpc) is 2.87. The Bertz CT molecular complexity index is 1150. The number of carbonyl (C=O) groups excluding carboxylic acids is 2. The van der Waals surface area contributed by atoms with Gasteiger partial charge in [0.1, 0.15) is 5.75 Å². The van der Waals surface area contributed by atoms with E-state index in [4.69, 9.17) is 4.74 Å². The Morgan fingerprint density at radius 1 is 1.03 bits per heavy atom. The predicted octanol–water partition coefficient (Wildman–Crippen LogP) is 3.77. The van der Waals surface area contributed by atoms with Crippen molar-refractivity contribution in [1.82, 2.24) is 10.6 Å². The van der Waals surface area contributed by atoms with Crippen molar-refractivity contribution in [3.8, 4) is 5.75 Å². The molecular formula is C29H42N2O6S. The Morgan fingerprint density at radius 2 is 1.71 bits per heavy atom. The van der Waals surface area contributed by atoms with Crippen molar-refractivity contribution >= 4 is 21.7 Å². The molecule has 0 bridgehead atoms. The Hall–Kier alpha value is -2.91. The molecule has 2 aromatic rings. The highest BCUT2D eigenvalue weighted by atomic mass is 32.2. The minimum atomic E-state index is -3.58. The van der Waals surface area contributed by atoms with Crippen LogP contribution in [0.25, 0.3) is 0 Å². The third kappa shape index (κ3) is 10.5. The largest absolute Gasteiger partial charge is 0.497 e. The first-order chi connectivity index (χ1) is 17.9. The van der Waals surface area contributed by atoms with Crippen LogP contribution in [0.5, 0.6) is 5.75 Å². The van der Waals surface area contributed by atoms with E-state index in [2.05, 4.69) is 24.5 Å². The lowest BCUT2D eigenvalue weighted by Gasteiger charge is -2.26. The lowest BCUT2D eigenvalue weighted by molar-refractivity contribution is -0.125. The molecular weight excluding hydrogens is 504 g/mol. The Labute approximate surface area is 227 Å². The van der Waals surface area contributed by atoms with Crippen molar-refractivity contribution in [2.75, 3.05) is 19.9 Å². The summed E-state index contributed by atoms with van der Waals surface area (Å²) < 4.78 is 29.4. The molecule has 2 amide bonds. The van der Waals surface area contributed by atoms with E-state index in [0.29, 0.717) is 18.9 Å². The number of rotatable bonds is 15. The number of hydrogen-bond donors (Lipinski definition) is 3. The monoisotopic (exact) mass is 546 g/mol. The molecule has 38 heavy (non-hydrogen) atoms. The van der Waals surface area contributed by atoms with Crippen LogP contribution in [0.3, 0.4) is 0 Å². The normalized spacial score (nSPS) is 14.0. The number of benzene rings is 2. The number of ether oxygens (including phenoxy) is 1. The zero-order valence-corrected chi connectivity index (χ0v) is 23.9. The number of hydrogen-bond acceptors (Lipinski definition) is 6. The lowest BCUT2D eigenvalue weighted by atomic mass is 9.93. The van der Waals surface area contributed by atoms with Crippen LogP contribution in [-0.4, -0.2) is 57.4 Å². The number of nitrogens with one attached hydrogen (secondary N) is 2. The SMILES string of the molecule is COc1cc(C(=O)N[C@@H](Cc2ccccc2)[C@@H](O)C[C@@H](C)C(=O)NCCCCC(C)C)cc(S(C)(=O)=O)c1. The van der Waals surface area contributed by atoms with Gasteiger partial charge in [0.2, 0.25) is 5.91 Å². The number of methoxy groups -OCH3 is 1. The molecule has 0 saturated heterocycles. The molecule has 0 aliphatic heterocycles. The highest BCUT2D eigenvalue weighted by molar-refractivity contribution is 7.90. The molecule has 3 N–H and O–H groups in total. The maximum Gasteiger partial charge on any atom is 0.251 e. The zero-order chi connectivity index (χ0) is 28.3. The van der Waals surface area contributed by atoms with Gasteiger partial charge in [-0.15, -0.1) is 0 Å². The summed E-state index contributed by atoms with van der Waals surface area (Å²) in [5.74, 6) is -0.276. The Balaban J connectivity index is 2.14. The number of carbonyl (C=O) groups is 2. The molecule has 2 rings (SSSR count). The second-order valence-electron chi connectivity index (χ2n) is 10.3. The van der Waals surface area contributed by atoms with Crippen LogP contribution in [0.1, 0.15) is 62.4 Å². The molecule has 0 aromatic heterocycles. The number of unbranched alkanes of at least 4 members (excludes halogenated alkanes) is 1. The summed E-state index contributed by atoms with van der Waals surface area (Å²) in [6.45, 7) is 6.69. The fourth-order valence-electron chi connectivity index (χ4n) is 4.13. The van der Waals surface area contributed by atoms with E-state index in [-0.39, 0.29) is 28.5 Å². The standard InChI is InChI=1S/C29H42N2O6S/c1-20(2)11-9-10-14-30-28(33)21(3)15-27(32)26(16-22-12-7-6-8-13-22)31-29(34)23-17-24(37-4)19-25(18-23)38(5,35)36/h6-8,12-13,17-21,26-27,32H,9-11,14-16H2,1-5H3,(H,30,33)(H,31,34)/t21-,26+,27+/m1/s1. The first-order valence-corrected chi connectivity index (χ1v) is 15.0. The van der Waals surface area contributed by atoms with Crippen LogP contribution >= 0.6 is 0 Å². The molecule has 210 valence electrons. The van der Waals surface area contributed by atoms with E-state index >= 15 is 0 Å². The second kappa shape index (κ2) is 14.9. The van der Waals surface area contributed by atoms with Gasteiger partial charge in [0.15, 0.2) is 9.84 Å². The smallest absolute Gasteiger partial charge is 0.251 e. The summed E-state index contributed by atoms with van der Waals surface area (Å²) in [6, 6.07) is 12.8. The van der Waals surface area contributed by atoms with Crippen molar-refractivity contribution in [1.29, 1.82) is 0 Å². The third-order valence-corrected chi connectivity index (χ3v) is 7.53. The summed E-state index contributed by atoms with van der Waals surface area (Å²) in [4.78, 5) is 25.8. The van der Waals surface area contributed by atoms with Crippen LogP contribution < -0.4 is 15.4 Å². The van der Waals surface area contributed by atoms with Gasteiger partial charge in [-0.05, 0) is 48.9 Å².